The summed E-state index contributed by atoms with van der Waals surface area (Å²) < 4.78 is 17.7. The second-order valence-corrected chi connectivity index (χ2v) is 7.81. The third kappa shape index (κ3) is 3.55. The van der Waals surface area contributed by atoms with Gasteiger partial charge in [-0.15, -0.1) is 0 Å². The number of anilines is 1. The number of amides is 1. The maximum atomic E-state index is 12.8. The third-order valence-electron chi connectivity index (χ3n) is 5.18. The molecular formula is C19H25N3O4S. The van der Waals surface area contributed by atoms with Crippen molar-refractivity contribution >= 4 is 32.6 Å². The molecule has 0 saturated carbocycles. The largest absolute Gasteiger partial charge is 0.495 e. The van der Waals surface area contributed by atoms with Gasteiger partial charge in [0.25, 0.3) is 5.91 Å². The van der Waals surface area contributed by atoms with Gasteiger partial charge in [-0.1, -0.05) is 11.3 Å². The number of hydrogen-bond donors (Lipinski definition) is 0. The Labute approximate surface area is 162 Å². The molecule has 1 atom stereocenters. The number of benzene rings is 1. The molecule has 1 amide bonds. The number of likely N-dealkylation sites (tertiary alicyclic amines) is 1. The van der Waals surface area contributed by atoms with Gasteiger partial charge in [0.2, 0.25) is 0 Å². The molecule has 27 heavy (non-hydrogen) atoms. The lowest BCUT2D eigenvalue weighted by atomic mass is 10.1. The van der Waals surface area contributed by atoms with Crippen LogP contribution in [0, 0.1) is 0 Å². The molecule has 0 radical (unpaired) electrons. The topological polar surface area (TPSA) is 64.1 Å². The Morgan fingerprint density at radius 1 is 1.15 bits per heavy atom. The maximum absolute atomic E-state index is 12.8. The fourth-order valence-electron chi connectivity index (χ4n) is 3.70. The Hall–Kier alpha value is -2.06. The Morgan fingerprint density at radius 2 is 1.89 bits per heavy atom. The van der Waals surface area contributed by atoms with Gasteiger partial charge >= 0.3 is 0 Å². The van der Waals surface area contributed by atoms with Gasteiger partial charge < -0.3 is 24.0 Å². The highest BCUT2D eigenvalue weighted by Gasteiger charge is 2.32. The van der Waals surface area contributed by atoms with E-state index in [-0.39, 0.29) is 5.91 Å². The molecule has 0 spiro atoms. The summed E-state index contributed by atoms with van der Waals surface area (Å²) in [5.41, 5.74) is 0.794. The minimum absolute atomic E-state index is 0.107. The number of piperidine rings is 1. The van der Waals surface area contributed by atoms with Crippen molar-refractivity contribution in [1.82, 2.24) is 9.88 Å². The molecule has 2 aliphatic heterocycles. The third-order valence-corrected chi connectivity index (χ3v) is 6.31. The molecule has 7 nitrogen and oxygen atoms in total. The molecule has 0 bridgehead atoms. The lowest BCUT2D eigenvalue weighted by Gasteiger charge is -2.36. The van der Waals surface area contributed by atoms with Crippen molar-refractivity contribution < 1.29 is 19.0 Å². The van der Waals surface area contributed by atoms with Crippen molar-refractivity contribution in [2.75, 3.05) is 51.9 Å². The number of methoxy groups -OCH3 is 2. The van der Waals surface area contributed by atoms with Crippen LogP contribution in [0.25, 0.3) is 10.2 Å². The number of morpholine rings is 1. The Bertz CT molecular complexity index is 778. The van der Waals surface area contributed by atoms with Gasteiger partial charge in [0.15, 0.2) is 11.2 Å². The SMILES string of the molecule is COc1ccc(OC)c2sc(N3CCOC(C(=O)N4CCCCC4)C3)nc12. The molecule has 8 heteroatoms. The zero-order chi connectivity index (χ0) is 18.8. The van der Waals surface area contributed by atoms with Crippen LogP contribution < -0.4 is 14.4 Å². The lowest BCUT2D eigenvalue weighted by Crippen LogP contribution is -2.52. The molecule has 0 N–H and O–H groups in total. The molecule has 4 rings (SSSR count). The second-order valence-electron chi connectivity index (χ2n) is 6.84. The van der Waals surface area contributed by atoms with Crippen LogP contribution in [-0.4, -0.2) is 68.9 Å². The van der Waals surface area contributed by atoms with E-state index in [1.165, 1.54) is 6.42 Å². The minimum atomic E-state index is -0.423. The summed E-state index contributed by atoms with van der Waals surface area (Å²) in [5.74, 6) is 1.61. The van der Waals surface area contributed by atoms with Crippen molar-refractivity contribution in [3.63, 3.8) is 0 Å². The summed E-state index contributed by atoms with van der Waals surface area (Å²) in [6.45, 7) is 3.45. The fraction of sp³-hybridized carbons (Fsp3) is 0.579. The number of ether oxygens (including phenoxy) is 3. The van der Waals surface area contributed by atoms with Crippen LogP contribution in [0.5, 0.6) is 11.5 Å². The molecule has 2 aromatic rings. The molecule has 146 valence electrons. The van der Waals surface area contributed by atoms with E-state index >= 15 is 0 Å². The second kappa shape index (κ2) is 7.90. The van der Waals surface area contributed by atoms with E-state index in [1.54, 1.807) is 25.6 Å². The van der Waals surface area contributed by atoms with Crippen molar-refractivity contribution in [3.8, 4) is 11.5 Å². The minimum Gasteiger partial charge on any atom is -0.495 e. The van der Waals surface area contributed by atoms with Crippen LogP contribution in [0.15, 0.2) is 12.1 Å². The van der Waals surface area contributed by atoms with Crippen molar-refractivity contribution in [2.24, 2.45) is 0 Å². The molecular weight excluding hydrogens is 366 g/mol. The quantitative estimate of drug-likeness (QED) is 0.798. The van der Waals surface area contributed by atoms with Crippen LogP contribution in [0.3, 0.4) is 0 Å². The zero-order valence-corrected chi connectivity index (χ0v) is 16.6. The first-order chi connectivity index (χ1) is 13.2. The number of carbonyl (C=O) groups excluding carboxylic acids is 1. The molecule has 2 saturated heterocycles. The van der Waals surface area contributed by atoms with E-state index in [0.29, 0.717) is 19.7 Å². The van der Waals surface area contributed by atoms with E-state index in [2.05, 4.69) is 4.90 Å². The van der Waals surface area contributed by atoms with Crippen LogP contribution in [0.4, 0.5) is 5.13 Å². The highest BCUT2D eigenvalue weighted by molar-refractivity contribution is 7.22. The van der Waals surface area contributed by atoms with E-state index in [1.807, 2.05) is 17.0 Å². The fourth-order valence-corrected chi connectivity index (χ4v) is 4.81. The summed E-state index contributed by atoms with van der Waals surface area (Å²) >= 11 is 1.56. The van der Waals surface area contributed by atoms with E-state index in [4.69, 9.17) is 19.2 Å². The molecule has 1 unspecified atom stereocenters. The van der Waals surface area contributed by atoms with Crippen LogP contribution >= 0.6 is 11.3 Å². The predicted octanol–water partition coefficient (Wildman–Crippen LogP) is 2.53. The lowest BCUT2D eigenvalue weighted by molar-refractivity contribution is -0.145. The van der Waals surface area contributed by atoms with E-state index < -0.39 is 6.10 Å². The molecule has 2 fully saturated rings. The molecule has 1 aromatic heterocycles. The summed E-state index contributed by atoms with van der Waals surface area (Å²) in [4.78, 5) is 21.7. The Kier molecular flexibility index (Phi) is 5.36. The Morgan fingerprint density at radius 3 is 2.63 bits per heavy atom. The highest BCUT2D eigenvalue weighted by atomic mass is 32.1. The van der Waals surface area contributed by atoms with Gasteiger partial charge in [-0.2, -0.15) is 0 Å². The van der Waals surface area contributed by atoms with Gasteiger partial charge in [0, 0.05) is 19.6 Å². The molecule has 2 aliphatic rings. The number of hydrogen-bond acceptors (Lipinski definition) is 7. The number of fused-ring (bicyclic) bond motifs is 1. The number of thiazole rings is 1. The molecule has 1 aromatic carbocycles. The summed E-state index contributed by atoms with van der Waals surface area (Å²) in [6, 6.07) is 3.76. The Balaban J connectivity index is 1.56. The number of carbonyl (C=O) groups is 1. The van der Waals surface area contributed by atoms with Crippen LogP contribution in [0.1, 0.15) is 19.3 Å². The first kappa shape index (κ1) is 18.3. The van der Waals surface area contributed by atoms with Gasteiger partial charge in [-0.05, 0) is 31.4 Å². The zero-order valence-electron chi connectivity index (χ0n) is 15.8. The maximum Gasteiger partial charge on any atom is 0.253 e. The van der Waals surface area contributed by atoms with Crippen molar-refractivity contribution in [1.29, 1.82) is 0 Å². The molecule has 3 heterocycles. The summed E-state index contributed by atoms with van der Waals surface area (Å²) in [5, 5.41) is 0.868. The van der Waals surface area contributed by atoms with Crippen molar-refractivity contribution in [3.05, 3.63) is 12.1 Å². The predicted molar refractivity (Wildman–Crippen MR) is 105 cm³/mol. The summed E-state index contributed by atoms with van der Waals surface area (Å²) in [6.07, 6.45) is 2.95. The van der Waals surface area contributed by atoms with Gasteiger partial charge in [0.1, 0.15) is 21.7 Å². The number of rotatable bonds is 4. The van der Waals surface area contributed by atoms with E-state index in [9.17, 15) is 4.79 Å². The average Bonchev–Trinajstić information content (AvgIpc) is 3.19. The van der Waals surface area contributed by atoms with Crippen LogP contribution in [0.2, 0.25) is 0 Å². The van der Waals surface area contributed by atoms with E-state index in [0.717, 1.165) is 52.8 Å². The van der Waals surface area contributed by atoms with Gasteiger partial charge in [0.05, 0.1) is 27.4 Å². The standard InChI is InChI=1S/C19H25N3O4S/c1-24-13-6-7-14(25-2)17-16(13)20-19(27-17)22-10-11-26-15(12-22)18(23)21-8-4-3-5-9-21/h6-7,15H,3-5,8-12H2,1-2H3. The first-order valence-electron chi connectivity index (χ1n) is 9.38. The summed E-state index contributed by atoms with van der Waals surface area (Å²) in [7, 11) is 3.30. The van der Waals surface area contributed by atoms with Crippen LogP contribution in [-0.2, 0) is 9.53 Å². The normalized spacial score (nSPS) is 20.7. The van der Waals surface area contributed by atoms with Gasteiger partial charge in [-0.3, -0.25) is 4.79 Å². The first-order valence-corrected chi connectivity index (χ1v) is 10.2. The smallest absolute Gasteiger partial charge is 0.253 e. The average molecular weight is 391 g/mol. The number of aromatic nitrogens is 1. The highest BCUT2D eigenvalue weighted by Crippen LogP contribution is 2.40. The number of nitrogens with zero attached hydrogens (tertiary/aromatic N) is 3. The molecule has 0 aliphatic carbocycles. The van der Waals surface area contributed by atoms with Gasteiger partial charge in [-0.25, -0.2) is 4.98 Å². The monoisotopic (exact) mass is 391 g/mol. The van der Waals surface area contributed by atoms with Crippen molar-refractivity contribution in [2.45, 2.75) is 25.4 Å².